The third-order valence-electron chi connectivity index (χ3n) is 6.17. The molecule has 0 bridgehead atoms. The standard InChI is InChI=1S/C25H24N4O2S2/c1-17(18-10-4-2-5-11-18)29-24(31)20(33-25(29)32)16-19-22(27-13-7-3-8-14-27)26-21-12-6-9-15-28(21)23(19)30/h2,4-6,9-12,15-17H,3,7-8,13-14H2,1H3/b20-16-. The highest BCUT2D eigenvalue weighted by atomic mass is 32.2. The Labute approximate surface area is 201 Å². The summed E-state index contributed by atoms with van der Waals surface area (Å²) in [6.07, 6.45) is 6.70. The number of fused-ring (bicyclic) bond motifs is 1. The van der Waals surface area contributed by atoms with Gasteiger partial charge < -0.3 is 4.90 Å². The fraction of sp³-hybridized carbons (Fsp3) is 0.280. The van der Waals surface area contributed by atoms with Crippen molar-refractivity contribution in [2.45, 2.75) is 32.2 Å². The van der Waals surface area contributed by atoms with E-state index in [9.17, 15) is 9.59 Å². The Balaban J connectivity index is 1.58. The molecule has 2 aliphatic rings. The first-order chi connectivity index (χ1) is 16.0. The average Bonchev–Trinajstić information content (AvgIpc) is 3.14. The van der Waals surface area contributed by atoms with Gasteiger partial charge in [-0.15, -0.1) is 0 Å². The average molecular weight is 477 g/mol. The van der Waals surface area contributed by atoms with E-state index in [0.717, 1.165) is 31.5 Å². The van der Waals surface area contributed by atoms with Gasteiger partial charge in [0.1, 0.15) is 15.8 Å². The minimum absolute atomic E-state index is 0.177. The first-order valence-electron chi connectivity index (χ1n) is 11.1. The van der Waals surface area contributed by atoms with Crippen molar-refractivity contribution in [1.29, 1.82) is 0 Å². The molecule has 6 nitrogen and oxygen atoms in total. The van der Waals surface area contributed by atoms with E-state index < -0.39 is 0 Å². The second kappa shape index (κ2) is 9.11. The summed E-state index contributed by atoms with van der Waals surface area (Å²) in [6.45, 7) is 3.67. The van der Waals surface area contributed by atoms with E-state index in [2.05, 4.69) is 4.90 Å². The lowest BCUT2D eigenvalue weighted by Crippen LogP contribution is -2.33. The van der Waals surface area contributed by atoms with Crippen molar-refractivity contribution in [2.24, 2.45) is 0 Å². The van der Waals surface area contributed by atoms with Crippen molar-refractivity contribution in [3.05, 3.63) is 81.1 Å². The van der Waals surface area contributed by atoms with E-state index in [-0.39, 0.29) is 17.5 Å². The number of amides is 1. The molecular formula is C25H24N4O2S2. The molecule has 0 aliphatic carbocycles. The quantitative estimate of drug-likeness (QED) is 0.404. The van der Waals surface area contributed by atoms with Crippen LogP contribution in [0, 0.1) is 0 Å². The van der Waals surface area contributed by atoms with Crippen LogP contribution in [0.5, 0.6) is 0 Å². The lowest BCUT2D eigenvalue weighted by Gasteiger charge is -2.29. The Hall–Kier alpha value is -2.97. The largest absolute Gasteiger partial charge is 0.356 e. The normalized spacial score (nSPS) is 19.0. The van der Waals surface area contributed by atoms with Gasteiger partial charge in [0.25, 0.3) is 11.5 Å². The molecule has 0 N–H and O–H groups in total. The SMILES string of the molecule is CC(c1ccccc1)N1C(=O)/C(=C/c2c(N3CCCCC3)nc3ccccn3c2=O)SC1=S. The van der Waals surface area contributed by atoms with E-state index in [4.69, 9.17) is 17.2 Å². The third kappa shape index (κ3) is 4.09. The Morgan fingerprint density at radius 1 is 1.03 bits per heavy atom. The van der Waals surface area contributed by atoms with Crippen molar-refractivity contribution in [1.82, 2.24) is 14.3 Å². The lowest BCUT2D eigenvalue weighted by molar-refractivity contribution is -0.123. The van der Waals surface area contributed by atoms with E-state index >= 15 is 0 Å². The minimum Gasteiger partial charge on any atom is -0.356 e. The Morgan fingerprint density at radius 2 is 1.76 bits per heavy atom. The van der Waals surface area contributed by atoms with Crippen LogP contribution >= 0.6 is 24.0 Å². The smallest absolute Gasteiger partial charge is 0.267 e. The maximum Gasteiger partial charge on any atom is 0.267 e. The van der Waals surface area contributed by atoms with E-state index in [1.165, 1.54) is 22.6 Å². The maximum atomic E-state index is 13.5. The van der Waals surface area contributed by atoms with Gasteiger partial charge in [0.2, 0.25) is 0 Å². The van der Waals surface area contributed by atoms with Crippen LogP contribution in [-0.4, -0.2) is 37.6 Å². The van der Waals surface area contributed by atoms with Crippen molar-refractivity contribution in [2.75, 3.05) is 18.0 Å². The number of anilines is 1. The molecule has 2 fully saturated rings. The number of pyridine rings is 1. The highest BCUT2D eigenvalue weighted by Gasteiger charge is 2.36. The van der Waals surface area contributed by atoms with Crippen molar-refractivity contribution < 1.29 is 4.79 Å². The van der Waals surface area contributed by atoms with Gasteiger partial charge in [-0.1, -0.05) is 60.4 Å². The zero-order valence-corrected chi connectivity index (χ0v) is 19.9. The summed E-state index contributed by atoms with van der Waals surface area (Å²) in [5.41, 5.74) is 1.87. The highest BCUT2D eigenvalue weighted by molar-refractivity contribution is 8.26. The highest BCUT2D eigenvalue weighted by Crippen LogP contribution is 2.38. The Bertz CT molecular complexity index is 1310. The van der Waals surface area contributed by atoms with Crippen LogP contribution in [-0.2, 0) is 4.79 Å². The number of benzene rings is 1. The summed E-state index contributed by atoms with van der Waals surface area (Å²) in [4.78, 5) is 36.0. The van der Waals surface area contributed by atoms with Crippen molar-refractivity contribution in [3.8, 4) is 0 Å². The monoisotopic (exact) mass is 476 g/mol. The van der Waals surface area contributed by atoms with Crippen LogP contribution in [0.15, 0.2) is 64.4 Å². The topological polar surface area (TPSA) is 57.9 Å². The number of aromatic nitrogens is 2. The Kier molecular flexibility index (Phi) is 6.03. The number of thioether (sulfide) groups is 1. The number of thiocarbonyl (C=S) groups is 1. The molecule has 1 unspecified atom stereocenters. The fourth-order valence-electron chi connectivity index (χ4n) is 4.39. The van der Waals surface area contributed by atoms with Gasteiger partial charge >= 0.3 is 0 Å². The van der Waals surface area contributed by atoms with Crippen LogP contribution in [0.2, 0.25) is 0 Å². The molecule has 3 aromatic rings. The molecule has 2 aromatic heterocycles. The van der Waals surface area contributed by atoms with Crippen LogP contribution in [0.25, 0.3) is 11.7 Å². The molecule has 2 saturated heterocycles. The van der Waals surface area contributed by atoms with E-state index in [1.54, 1.807) is 23.2 Å². The van der Waals surface area contributed by atoms with Crippen LogP contribution in [0.1, 0.15) is 43.4 Å². The van der Waals surface area contributed by atoms with Gasteiger partial charge in [-0.3, -0.25) is 18.9 Å². The molecule has 1 aromatic carbocycles. The Morgan fingerprint density at radius 3 is 2.52 bits per heavy atom. The zero-order valence-electron chi connectivity index (χ0n) is 18.3. The van der Waals surface area contributed by atoms with Gasteiger partial charge in [-0.25, -0.2) is 4.98 Å². The molecule has 0 saturated carbocycles. The number of carbonyl (C=O) groups excluding carboxylic acids is 1. The third-order valence-corrected chi connectivity index (χ3v) is 7.50. The van der Waals surface area contributed by atoms with E-state index in [0.29, 0.717) is 26.3 Å². The molecule has 2 aliphatic heterocycles. The predicted molar refractivity (Wildman–Crippen MR) is 137 cm³/mol. The summed E-state index contributed by atoms with van der Waals surface area (Å²) in [5.74, 6) is 0.468. The number of hydrogen-bond donors (Lipinski definition) is 0. The van der Waals surface area contributed by atoms with Crippen LogP contribution in [0.3, 0.4) is 0 Å². The molecule has 168 valence electrons. The molecule has 0 spiro atoms. The van der Waals surface area contributed by atoms with Crippen molar-refractivity contribution >= 4 is 51.7 Å². The number of nitrogens with zero attached hydrogens (tertiary/aromatic N) is 4. The zero-order chi connectivity index (χ0) is 22.9. The van der Waals surface area contributed by atoms with Gasteiger partial charge in [-0.05, 0) is 50.0 Å². The first-order valence-corrected chi connectivity index (χ1v) is 12.4. The maximum absolute atomic E-state index is 13.5. The molecule has 33 heavy (non-hydrogen) atoms. The lowest BCUT2D eigenvalue weighted by atomic mass is 10.1. The van der Waals surface area contributed by atoms with Crippen molar-refractivity contribution in [3.63, 3.8) is 0 Å². The number of carbonyl (C=O) groups is 1. The summed E-state index contributed by atoms with van der Waals surface area (Å²) in [6, 6.07) is 15.1. The van der Waals surface area contributed by atoms with Gasteiger partial charge in [0.15, 0.2) is 0 Å². The number of rotatable bonds is 4. The predicted octanol–water partition coefficient (Wildman–Crippen LogP) is 4.65. The molecular weight excluding hydrogens is 452 g/mol. The fourth-order valence-corrected chi connectivity index (χ4v) is 5.79. The van der Waals surface area contributed by atoms with Crippen LogP contribution in [0.4, 0.5) is 5.82 Å². The number of hydrogen-bond acceptors (Lipinski definition) is 6. The molecule has 4 heterocycles. The second-order valence-electron chi connectivity index (χ2n) is 8.27. The summed E-state index contributed by atoms with van der Waals surface area (Å²) < 4.78 is 2.03. The summed E-state index contributed by atoms with van der Waals surface area (Å²) in [5, 5.41) is 0. The minimum atomic E-state index is -0.193. The number of piperidine rings is 1. The molecule has 0 radical (unpaired) electrons. The van der Waals surface area contributed by atoms with Gasteiger partial charge in [0.05, 0.1) is 16.5 Å². The molecule has 1 atom stereocenters. The van der Waals surface area contributed by atoms with Gasteiger partial charge in [-0.2, -0.15) is 0 Å². The van der Waals surface area contributed by atoms with Crippen LogP contribution < -0.4 is 10.5 Å². The van der Waals surface area contributed by atoms with E-state index in [1.807, 2.05) is 49.4 Å². The molecule has 1 amide bonds. The molecule has 8 heteroatoms. The first kappa shape index (κ1) is 21.9. The summed E-state index contributed by atoms with van der Waals surface area (Å²) in [7, 11) is 0. The molecule has 5 rings (SSSR count). The summed E-state index contributed by atoms with van der Waals surface area (Å²) >= 11 is 6.82. The van der Waals surface area contributed by atoms with Gasteiger partial charge in [0, 0.05) is 19.3 Å². The second-order valence-corrected chi connectivity index (χ2v) is 9.94.